The van der Waals surface area contributed by atoms with Gasteiger partial charge in [-0.05, 0) is 37.5 Å². The summed E-state index contributed by atoms with van der Waals surface area (Å²) in [5.41, 5.74) is 2.50. The molecule has 0 saturated carbocycles. The summed E-state index contributed by atoms with van der Waals surface area (Å²) in [5.74, 6) is 0. The molecule has 1 fully saturated rings. The zero-order valence-electron chi connectivity index (χ0n) is 9.82. The molecule has 0 N–H and O–H groups in total. The van der Waals surface area contributed by atoms with Crippen LogP contribution in [0.3, 0.4) is 0 Å². The summed E-state index contributed by atoms with van der Waals surface area (Å²) in [4.78, 5) is 0. The first-order chi connectivity index (χ1) is 8.27. The van der Waals surface area contributed by atoms with Gasteiger partial charge in [-0.15, -0.1) is 0 Å². The number of rotatable bonds is 1. The van der Waals surface area contributed by atoms with Gasteiger partial charge in [0.2, 0.25) is 0 Å². The van der Waals surface area contributed by atoms with Crippen molar-refractivity contribution in [3.63, 3.8) is 0 Å². The molecule has 3 nitrogen and oxygen atoms in total. The average molecular weight is 295 g/mol. The van der Waals surface area contributed by atoms with E-state index in [0.717, 1.165) is 30.5 Å². The Labute approximate surface area is 109 Å². The molecule has 1 saturated heterocycles. The molecule has 0 radical (unpaired) electrons. The highest BCUT2D eigenvalue weighted by Crippen LogP contribution is 2.29. The van der Waals surface area contributed by atoms with Crippen molar-refractivity contribution in [1.82, 2.24) is 9.78 Å². The van der Waals surface area contributed by atoms with Crippen molar-refractivity contribution >= 4 is 26.8 Å². The molecule has 1 aromatic carbocycles. The van der Waals surface area contributed by atoms with Gasteiger partial charge in [0.15, 0.2) is 0 Å². The minimum Gasteiger partial charge on any atom is -0.381 e. The number of hydrogen-bond donors (Lipinski definition) is 0. The van der Waals surface area contributed by atoms with E-state index < -0.39 is 0 Å². The molecule has 3 rings (SSSR count). The number of benzene rings is 1. The molecule has 1 aliphatic heterocycles. The fraction of sp³-hybridized carbons (Fsp3) is 0.462. The van der Waals surface area contributed by atoms with Gasteiger partial charge in [0.05, 0.1) is 17.8 Å². The van der Waals surface area contributed by atoms with E-state index >= 15 is 0 Å². The van der Waals surface area contributed by atoms with Gasteiger partial charge in [-0.1, -0.05) is 15.9 Å². The van der Waals surface area contributed by atoms with Crippen molar-refractivity contribution in [2.75, 3.05) is 13.2 Å². The standard InChI is InChI=1S/C13H15BrN2O/c1-9-11-8-15-16(10-4-6-17-7-5-10)13(11)3-2-12(9)14/h2-3,8,10H,4-7H2,1H3. The Bertz CT molecular complexity index is 544. The largest absolute Gasteiger partial charge is 0.381 e. The monoisotopic (exact) mass is 294 g/mol. The van der Waals surface area contributed by atoms with Crippen LogP contribution < -0.4 is 0 Å². The van der Waals surface area contributed by atoms with E-state index in [-0.39, 0.29) is 0 Å². The fourth-order valence-electron chi connectivity index (χ4n) is 2.45. The van der Waals surface area contributed by atoms with Crippen LogP contribution in [0, 0.1) is 6.92 Å². The van der Waals surface area contributed by atoms with Gasteiger partial charge in [0.1, 0.15) is 0 Å². The number of aryl methyl sites for hydroxylation is 1. The third kappa shape index (κ3) is 1.89. The summed E-state index contributed by atoms with van der Waals surface area (Å²) in [6, 6.07) is 4.74. The molecular weight excluding hydrogens is 280 g/mol. The molecule has 1 aliphatic rings. The SMILES string of the molecule is Cc1c(Br)ccc2c1cnn2C1CCOCC1. The van der Waals surface area contributed by atoms with Crippen LogP contribution >= 0.6 is 15.9 Å². The Morgan fingerprint density at radius 1 is 1.35 bits per heavy atom. The minimum atomic E-state index is 0.488. The van der Waals surface area contributed by atoms with Gasteiger partial charge in [0, 0.05) is 23.1 Å². The molecule has 90 valence electrons. The Hall–Kier alpha value is -0.870. The van der Waals surface area contributed by atoms with Crippen LogP contribution in [-0.2, 0) is 4.74 Å². The maximum Gasteiger partial charge on any atom is 0.0689 e. The van der Waals surface area contributed by atoms with Crippen LogP contribution in [0.2, 0.25) is 0 Å². The number of ether oxygens (including phenoxy) is 1. The van der Waals surface area contributed by atoms with Gasteiger partial charge in [-0.2, -0.15) is 5.10 Å². The number of fused-ring (bicyclic) bond motifs is 1. The number of halogens is 1. The number of hydrogen-bond acceptors (Lipinski definition) is 2. The van der Waals surface area contributed by atoms with Crippen LogP contribution in [-0.4, -0.2) is 23.0 Å². The molecule has 2 aromatic rings. The van der Waals surface area contributed by atoms with E-state index in [1.54, 1.807) is 0 Å². The first-order valence-corrected chi connectivity index (χ1v) is 6.77. The lowest BCUT2D eigenvalue weighted by Crippen LogP contribution is -2.20. The highest BCUT2D eigenvalue weighted by atomic mass is 79.9. The predicted octanol–water partition coefficient (Wildman–Crippen LogP) is 3.46. The Balaban J connectivity index is 2.08. The molecule has 17 heavy (non-hydrogen) atoms. The average Bonchev–Trinajstić information content (AvgIpc) is 2.79. The van der Waals surface area contributed by atoms with E-state index in [4.69, 9.17) is 4.74 Å². The van der Waals surface area contributed by atoms with Gasteiger partial charge < -0.3 is 4.74 Å². The zero-order chi connectivity index (χ0) is 11.8. The lowest BCUT2D eigenvalue weighted by molar-refractivity contribution is 0.0675. The third-order valence-electron chi connectivity index (χ3n) is 3.52. The first kappa shape index (κ1) is 11.2. The Morgan fingerprint density at radius 3 is 2.88 bits per heavy atom. The summed E-state index contributed by atoms with van der Waals surface area (Å²) in [5, 5.41) is 5.80. The first-order valence-electron chi connectivity index (χ1n) is 5.97. The lowest BCUT2D eigenvalue weighted by Gasteiger charge is -2.23. The van der Waals surface area contributed by atoms with Crippen molar-refractivity contribution in [3.8, 4) is 0 Å². The highest BCUT2D eigenvalue weighted by molar-refractivity contribution is 9.10. The summed E-state index contributed by atoms with van der Waals surface area (Å²) in [6.07, 6.45) is 4.10. The van der Waals surface area contributed by atoms with E-state index in [0.29, 0.717) is 6.04 Å². The second kappa shape index (κ2) is 4.42. The molecule has 0 spiro atoms. The minimum absolute atomic E-state index is 0.488. The molecule has 0 aliphatic carbocycles. The lowest BCUT2D eigenvalue weighted by atomic mass is 10.1. The van der Waals surface area contributed by atoms with Crippen LogP contribution in [0.15, 0.2) is 22.8 Å². The zero-order valence-corrected chi connectivity index (χ0v) is 11.4. The predicted molar refractivity (Wildman–Crippen MR) is 71.3 cm³/mol. The highest BCUT2D eigenvalue weighted by Gasteiger charge is 2.18. The smallest absolute Gasteiger partial charge is 0.0689 e. The normalized spacial score (nSPS) is 17.8. The van der Waals surface area contributed by atoms with E-state index in [1.165, 1.54) is 16.5 Å². The second-order valence-electron chi connectivity index (χ2n) is 4.54. The fourth-order valence-corrected chi connectivity index (χ4v) is 2.80. The van der Waals surface area contributed by atoms with Crippen LogP contribution in [0.25, 0.3) is 10.9 Å². The van der Waals surface area contributed by atoms with E-state index in [2.05, 4.69) is 44.8 Å². The molecule has 0 atom stereocenters. The van der Waals surface area contributed by atoms with Gasteiger partial charge in [-0.25, -0.2) is 0 Å². The third-order valence-corrected chi connectivity index (χ3v) is 4.38. The Kier molecular flexibility index (Phi) is 2.92. The summed E-state index contributed by atoms with van der Waals surface area (Å²) < 4.78 is 8.72. The quantitative estimate of drug-likeness (QED) is 0.805. The van der Waals surface area contributed by atoms with Gasteiger partial charge in [0.25, 0.3) is 0 Å². The number of nitrogens with zero attached hydrogens (tertiary/aromatic N) is 2. The topological polar surface area (TPSA) is 27.1 Å². The molecule has 0 bridgehead atoms. The van der Waals surface area contributed by atoms with E-state index in [1.807, 2.05) is 6.20 Å². The maximum atomic E-state index is 5.40. The van der Waals surface area contributed by atoms with Gasteiger partial charge >= 0.3 is 0 Å². The summed E-state index contributed by atoms with van der Waals surface area (Å²) in [6.45, 7) is 3.82. The Morgan fingerprint density at radius 2 is 2.12 bits per heavy atom. The van der Waals surface area contributed by atoms with Crippen molar-refractivity contribution in [1.29, 1.82) is 0 Å². The van der Waals surface area contributed by atoms with Crippen molar-refractivity contribution in [2.45, 2.75) is 25.8 Å². The molecule has 0 amide bonds. The van der Waals surface area contributed by atoms with Gasteiger partial charge in [-0.3, -0.25) is 4.68 Å². The van der Waals surface area contributed by atoms with Crippen molar-refractivity contribution < 1.29 is 4.74 Å². The van der Waals surface area contributed by atoms with Crippen LogP contribution in [0.4, 0.5) is 0 Å². The summed E-state index contributed by atoms with van der Waals surface area (Å²) in [7, 11) is 0. The maximum absolute atomic E-state index is 5.40. The molecule has 0 unspecified atom stereocenters. The second-order valence-corrected chi connectivity index (χ2v) is 5.39. The van der Waals surface area contributed by atoms with Crippen molar-refractivity contribution in [2.24, 2.45) is 0 Å². The number of aromatic nitrogens is 2. The molecular formula is C13H15BrN2O. The molecule has 4 heteroatoms. The van der Waals surface area contributed by atoms with E-state index in [9.17, 15) is 0 Å². The van der Waals surface area contributed by atoms with Crippen LogP contribution in [0.1, 0.15) is 24.4 Å². The molecule has 1 aromatic heterocycles. The molecule has 2 heterocycles. The van der Waals surface area contributed by atoms with Crippen molar-refractivity contribution in [3.05, 3.63) is 28.4 Å². The van der Waals surface area contributed by atoms with Crippen LogP contribution in [0.5, 0.6) is 0 Å². The summed E-state index contributed by atoms with van der Waals surface area (Å²) >= 11 is 3.56.